The minimum atomic E-state index is 1.09. The molecule has 0 saturated heterocycles. The van der Waals surface area contributed by atoms with Gasteiger partial charge in [0.25, 0.3) is 0 Å². The van der Waals surface area contributed by atoms with Crippen LogP contribution in [0.15, 0.2) is 23.9 Å². The van der Waals surface area contributed by atoms with Gasteiger partial charge < -0.3 is 10.6 Å². The fraction of sp³-hybridized carbons (Fsp3) is 0.714. The van der Waals surface area contributed by atoms with Gasteiger partial charge in [0.05, 0.1) is 0 Å². The lowest BCUT2D eigenvalue weighted by Crippen LogP contribution is -2.09. The van der Waals surface area contributed by atoms with E-state index in [-0.39, 0.29) is 0 Å². The van der Waals surface area contributed by atoms with Crippen molar-refractivity contribution in [2.75, 3.05) is 18.8 Å². The van der Waals surface area contributed by atoms with Gasteiger partial charge in [0, 0.05) is 19.3 Å². The second-order valence-electron chi connectivity index (χ2n) is 3.92. The van der Waals surface area contributed by atoms with E-state index < -0.39 is 0 Å². The molecule has 0 unspecified atom stereocenters. The van der Waals surface area contributed by atoms with Crippen molar-refractivity contribution < 1.29 is 0 Å². The Balaban J connectivity index is 3.03. The third kappa shape index (κ3) is 15.4. The highest BCUT2D eigenvalue weighted by Crippen LogP contribution is 1.98. The van der Waals surface area contributed by atoms with E-state index in [2.05, 4.69) is 48.4 Å². The van der Waals surface area contributed by atoms with Crippen molar-refractivity contribution in [3.63, 3.8) is 0 Å². The summed E-state index contributed by atoms with van der Waals surface area (Å²) in [5.41, 5.74) is 0. The molecule has 0 spiro atoms. The SMILES string of the molecule is CCCC=CNCCCCCNC=CSCC. The Morgan fingerprint density at radius 3 is 2.29 bits per heavy atom. The topological polar surface area (TPSA) is 24.1 Å². The lowest BCUT2D eigenvalue weighted by molar-refractivity contribution is 0.637. The Hall–Kier alpha value is -0.570. The van der Waals surface area contributed by atoms with E-state index in [1.807, 2.05) is 11.8 Å². The molecule has 0 aliphatic heterocycles. The molecule has 3 heteroatoms. The Bertz CT molecular complexity index is 171. The van der Waals surface area contributed by atoms with Crippen LogP contribution in [0, 0.1) is 0 Å². The number of allylic oxidation sites excluding steroid dienone is 1. The standard InChI is InChI=1S/C14H28N2S/c1-3-5-7-10-15-11-8-6-9-12-16-13-14-17-4-2/h7,10,13-16H,3-6,8-9,11-12H2,1-2H3. The van der Waals surface area contributed by atoms with Gasteiger partial charge in [-0.2, -0.15) is 0 Å². The van der Waals surface area contributed by atoms with E-state index >= 15 is 0 Å². The molecule has 2 nitrogen and oxygen atoms in total. The average Bonchev–Trinajstić information content (AvgIpc) is 2.35. The van der Waals surface area contributed by atoms with E-state index in [0.717, 1.165) is 18.8 Å². The highest BCUT2D eigenvalue weighted by atomic mass is 32.2. The second-order valence-corrected chi connectivity index (χ2v) is 5.10. The predicted molar refractivity (Wildman–Crippen MR) is 81.2 cm³/mol. The van der Waals surface area contributed by atoms with Crippen molar-refractivity contribution in [2.45, 2.75) is 46.0 Å². The molecule has 0 heterocycles. The van der Waals surface area contributed by atoms with Gasteiger partial charge in [0.1, 0.15) is 0 Å². The van der Waals surface area contributed by atoms with Crippen molar-refractivity contribution in [3.8, 4) is 0 Å². The summed E-state index contributed by atoms with van der Waals surface area (Å²) in [6, 6.07) is 0. The van der Waals surface area contributed by atoms with Crippen LogP contribution in [0.2, 0.25) is 0 Å². The van der Waals surface area contributed by atoms with Crippen LogP contribution in [0.25, 0.3) is 0 Å². The first-order valence-electron chi connectivity index (χ1n) is 6.80. The third-order valence-corrected chi connectivity index (χ3v) is 2.94. The first kappa shape index (κ1) is 16.4. The summed E-state index contributed by atoms with van der Waals surface area (Å²) < 4.78 is 0. The predicted octanol–water partition coefficient (Wildman–Crippen LogP) is 3.87. The van der Waals surface area contributed by atoms with Gasteiger partial charge in [-0.25, -0.2) is 0 Å². The Kier molecular flexibility index (Phi) is 14.9. The van der Waals surface area contributed by atoms with Gasteiger partial charge in [0.15, 0.2) is 0 Å². The molecule has 2 N–H and O–H groups in total. The van der Waals surface area contributed by atoms with Gasteiger partial charge >= 0.3 is 0 Å². The lowest BCUT2D eigenvalue weighted by atomic mass is 10.2. The zero-order valence-corrected chi connectivity index (χ0v) is 12.2. The molecular formula is C14H28N2S. The van der Waals surface area contributed by atoms with Crippen molar-refractivity contribution in [2.24, 2.45) is 0 Å². The number of unbranched alkanes of at least 4 members (excludes halogenated alkanes) is 3. The Labute approximate surface area is 111 Å². The zero-order chi connectivity index (χ0) is 12.6. The fourth-order valence-electron chi connectivity index (χ4n) is 1.32. The quantitative estimate of drug-likeness (QED) is 0.518. The number of hydrogen-bond acceptors (Lipinski definition) is 3. The van der Waals surface area contributed by atoms with Crippen LogP contribution in [0.3, 0.4) is 0 Å². The largest absolute Gasteiger partial charge is 0.391 e. The maximum Gasteiger partial charge on any atom is 0.0141 e. The maximum atomic E-state index is 3.32. The van der Waals surface area contributed by atoms with Gasteiger partial charge in [-0.15, -0.1) is 11.8 Å². The summed E-state index contributed by atoms with van der Waals surface area (Å²) in [7, 11) is 0. The van der Waals surface area contributed by atoms with Gasteiger partial charge in [-0.1, -0.05) is 26.3 Å². The highest BCUT2D eigenvalue weighted by Gasteiger charge is 1.86. The molecule has 0 aliphatic carbocycles. The monoisotopic (exact) mass is 256 g/mol. The molecule has 0 aromatic rings. The first-order chi connectivity index (χ1) is 8.41. The van der Waals surface area contributed by atoms with Gasteiger partial charge in [0.2, 0.25) is 0 Å². The average molecular weight is 256 g/mol. The summed E-state index contributed by atoms with van der Waals surface area (Å²) in [6.07, 6.45) is 12.6. The highest BCUT2D eigenvalue weighted by molar-refractivity contribution is 8.02. The normalized spacial score (nSPS) is 11.4. The molecule has 0 saturated carbocycles. The summed E-state index contributed by atoms with van der Waals surface area (Å²) in [5.74, 6) is 1.15. The zero-order valence-electron chi connectivity index (χ0n) is 11.4. The molecule has 17 heavy (non-hydrogen) atoms. The molecule has 0 rings (SSSR count). The molecule has 0 aromatic carbocycles. The summed E-state index contributed by atoms with van der Waals surface area (Å²) in [5, 5.41) is 8.75. The van der Waals surface area contributed by atoms with E-state index in [4.69, 9.17) is 0 Å². The van der Waals surface area contributed by atoms with Crippen LogP contribution >= 0.6 is 11.8 Å². The summed E-state index contributed by atoms with van der Waals surface area (Å²) >= 11 is 1.83. The molecule has 0 radical (unpaired) electrons. The number of thioether (sulfide) groups is 1. The first-order valence-corrected chi connectivity index (χ1v) is 7.85. The van der Waals surface area contributed by atoms with Crippen LogP contribution in [-0.4, -0.2) is 18.8 Å². The Morgan fingerprint density at radius 2 is 1.65 bits per heavy atom. The van der Waals surface area contributed by atoms with Gasteiger partial charge in [-0.3, -0.25) is 0 Å². The van der Waals surface area contributed by atoms with Crippen molar-refractivity contribution in [1.82, 2.24) is 10.6 Å². The molecule has 100 valence electrons. The summed E-state index contributed by atoms with van der Waals surface area (Å²) in [6.45, 7) is 6.55. The van der Waals surface area contributed by atoms with E-state index in [1.165, 1.54) is 32.1 Å². The van der Waals surface area contributed by atoms with Crippen molar-refractivity contribution in [1.29, 1.82) is 0 Å². The smallest absolute Gasteiger partial charge is 0.0141 e. The van der Waals surface area contributed by atoms with E-state index in [1.54, 1.807) is 0 Å². The molecule has 0 amide bonds. The Morgan fingerprint density at radius 1 is 0.941 bits per heavy atom. The van der Waals surface area contributed by atoms with Crippen molar-refractivity contribution >= 4 is 11.8 Å². The van der Waals surface area contributed by atoms with Crippen molar-refractivity contribution in [3.05, 3.63) is 23.9 Å². The molecule has 0 fully saturated rings. The maximum absolute atomic E-state index is 3.32. The van der Waals surface area contributed by atoms with Gasteiger partial charge in [-0.05, 0) is 43.0 Å². The lowest BCUT2D eigenvalue weighted by Gasteiger charge is -2.02. The minimum Gasteiger partial charge on any atom is -0.391 e. The van der Waals surface area contributed by atoms with Crippen LogP contribution < -0.4 is 10.6 Å². The summed E-state index contributed by atoms with van der Waals surface area (Å²) in [4.78, 5) is 0. The number of nitrogens with one attached hydrogen (secondary N) is 2. The molecule has 0 aliphatic rings. The van der Waals surface area contributed by atoms with E-state index in [0.29, 0.717) is 0 Å². The molecule has 0 aromatic heterocycles. The number of hydrogen-bond donors (Lipinski definition) is 2. The van der Waals surface area contributed by atoms with E-state index in [9.17, 15) is 0 Å². The molecule has 0 atom stereocenters. The molecule has 0 bridgehead atoms. The number of rotatable bonds is 12. The van der Waals surface area contributed by atoms with Crippen LogP contribution in [0.1, 0.15) is 46.0 Å². The minimum absolute atomic E-state index is 1.09. The molecular weight excluding hydrogens is 228 g/mol. The third-order valence-electron chi connectivity index (χ3n) is 2.28. The fourth-order valence-corrected chi connectivity index (χ4v) is 1.71. The second kappa shape index (κ2) is 15.4. The van der Waals surface area contributed by atoms with Crippen LogP contribution in [0.4, 0.5) is 0 Å². The van der Waals surface area contributed by atoms with Crippen LogP contribution in [0.5, 0.6) is 0 Å². The van der Waals surface area contributed by atoms with Crippen LogP contribution in [-0.2, 0) is 0 Å².